The molecule has 0 unspecified atom stereocenters. The number of benzene rings is 1. The van der Waals surface area contributed by atoms with E-state index in [9.17, 15) is 0 Å². The Morgan fingerprint density at radius 1 is 1.15 bits per heavy atom. The fourth-order valence-corrected chi connectivity index (χ4v) is 1.78. The van der Waals surface area contributed by atoms with Crippen molar-refractivity contribution in [3.63, 3.8) is 0 Å². The Labute approximate surface area is 79.7 Å². The van der Waals surface area contributed by atoms with Crippen molar-refractivity contribution >= 4 is 5.69 Å². The molecule has 0 aliphatic heterocycles. The van der Waals surface area contributed by atoms with E-state index in [1.165, 1.54) is 30.6 Å². The Kier molecular flexibility index (Phi) is 2.35. The average molecular weight is 173 g/mol. The lowest BCUT2D eigenvalue weighted by Crippen LogP contribution is -2.14. The van der Waals surface area contributed by atoms with Gasteiger partial charge < -0.3 is 4.90 Å². The van der Waals surface area contributed by atoms with E-state index < -0.39 is 0 Å². The van der Waals surface area contributed by atoms with Crippen molar-refractivity contribution in [3.8, 4) is 0 Å². The van der Waals surface area contributed by atoms with Crippen LogP contribution in [0.25, 0.3) is 0 Å². The largest absolute Gasteiger partial charge is 0.349 e. The lowest BCUT2D eigenvalue weighted by Gasteiger charge is -2.20. The third-order valence-corrected chi connectivity index (χ3v) is 2.59. The van der Waals surface area contributed by atoms with Gasteiger partial charge in [-0.15, -0.1) is 0 Å². The van der Waals surface area contributed by atoms with E-state index in [2.05, 4.69) is 48.4 Å². The number of nitrogens with zero attached hydrogens (tertiary/aromatic N) is 1. The summed E-state index contributed by atoms with van der Waals surface area (Å²) in [5, 5.41) is 0. The zero-order chi connectivity index (χ0) is 9.10. The van der Waals surface area contributed by atoms with E-state index >= 15 is 0 Å². The summed E-state index contributed by atoms with van der Waals surface area (Å²) in [6.07, 6.45) is 6.12. The average Bonchev–Trinajstić information content (AvgIpc) is 2.71. The van der Waals surface area contributed by atoms with Gasteiger partial charge in [0.25, 0.3) is 0 Å². The molecule has 0 radical (unpaired) electrons. The molecular formula is C12H15N. The maximum atomic E-state index is 2.34. The zero-order valence-electron chi connectivity index (χ0n) is 8.03. The first-order valence-electron chi connectivity index (χ1n) is 4.86. The molecule has 0 heterocycles. The molecule has 0 N–H and O–H groups in total. The third-order valence-electron chi connectivity index (χ3n) is 2.59. The molecule has 0 saturated carbocycles. The van der Waals surface area contributed by atoms with Gasteiger partial charge in [-0.1, -0.05) is 24.3 Å². The SMILES string of the molecule is CN(C1=CCCC1)c1ccccc1. The van der Waals surface area contributed by atoms with Crippen LogP contribution in [0.5, 0.6) is 0 Å². The highest BCUT2D eigenvalue weighted by atomic mass is 15.1. The molecule has 0 atom stereocenters. The van der Waals surface area contributed by atoms with Crippen LogP contribution in [0.2, 0.25) is 0 Å². The quantitative estimate of drug-likeness (QED) is 0.664. The van der Waals surface area contributed by atoms with Gasteiger partial charge in [0.15, 0.2) is 0 Å². The molecule has 0 saturated heterocycles. The first-order valence-corrected chi connectivity index (χ1v) is 4.86. The van der Waals surface area contributed by atoms with Crippen LogP contribution in [0, 0.1) is 0 Å². The van der Waals surface area contributed by atoms with Gasteiger partial charge in [0.2, 0.25) is 0 Å². The molecule has 0 amide bonds. The zero-order valence-corrected chi connectivity index (χ0v) is 8.03. The monoisotopic (exact) mass is 173 g/mol. The number of para-hydroxylation sites is 1. The number of rotatable bonds is 2. The summed E-state index contributed by atoms with van der Waals surface area (Å²) in [5.41, 5.74) is 2.75. The fraction of sp³-hybridized carbons (Fsp3) is 0.333. The lowest BCUT2D eigenvalue weighted by atomic mass is 10.2. The maximum absolute atomic E-state index is 2.34. The molecule has 68 valence electrons. The Morgan fingerprint density at radius 3 is 2.54 bits per heavy atom. The topological polar surface area (TPSA) is 3.24 Å². The minimum absolute atomic E-state index is 1.23. The first-order chi connectivity index (χ1) is 6.38. The normalized spacial score (nSPS) is 15.6. The molecule has 13 heavy (non-hydrogen) atoms. The van der Waals surface area contributed by atoms with Crippen LogP contribution >= 0.6 is 0 Å². The van der Waals surface area contributed by atoms with E-state index in [0.29, 0.717) is 0 Å². The van der Waals surface area contributed by atoms with Gasteiger partial charge >= 0.3 is 0 Å². The number of hydrogen-bond donors (Lipinski definition) is 0. The predicted octanol–water partition coefficient (Wildman–Crippen LogP) is 3.19. The molecule has 1 aliphatic rings. The highest BCUT2D eigenvalue weighted by molar-refractivity contribution is 5.51. The lowest BCUT2D eigenvalue weighted by molar-refractivity contribution is 0.880. The van der Waals surface area contributed by atoms with Crippen molar-refractivity contribution in [3.05, 3.63) is 42.1 Å². The number of anilines is 1. The summed E-state index contributed by atoms with van der Waals surface area (Å²) in [6.45, 7) is 0. The Bertz CT molecular complexity index is 300. The predicted molar refractivity (Wildman–Crippen MR) is 56.8 cm³/mol. The van der Waals surface area contributed by atoms with Gasteiger partial charge in [-0.3, -0.25) is 0 Å². The summed E-state index contributed by atoms with van der Waals surface area (Å²) in [7, 11) is 2.15. The van der Waals surface area contributed by atoms with E-state index in [0.717, 1.165) is 0 Å². The second kappa shape index (κ2) is 3.65. The van der Waals surface area contributed by atoms with Gasteiger partial charge in [0.05, 0.1) is 0 Å². The molecule has 1 nitrogen and oxygen atoms in total. The Morgan fingerprint density at radius 2 is 1.92 bits per heavy atom. The van der Waals surface area contributed by atoms with Crippen LogP contribution in [0.4, 0.5) is 5.69 Å². The van der Waals surface area contributed by atoms with Crippen molar-refractivity contribution in [2.75, 3.05) is 11.9 Å². The minimum Gasteiger partial charge on any atom is -0.349 e. The summed E-state index contributed by atoms with van der Waals surface area (Å²) in [4.78, 5) is 2.28. The van der Waals surface area contributed by atoms with Gasteiger partial charge in [-0.05, 0) is 31.4 Å². The van der Waals surface area contributed by atoms with Crippen molar-refractivity contribution in [1.29, 1.82) is 0 Å². The second-order valence-electron chi connectivity index (χ2n) is 3.48. The first kappa shape index (κ1) is 8.36. The summed E-state index contributed by atoms with van der Waals surface area (Å²) >= 11 is 0. The molecule has 1 aromatic rings. The van der Waals surface area contributed by atoms with E-state index in [1.807, 2.05) is 0 Å². The minimum atomic E-state index is 1.23. The summed E-state index contributed by atoms with van der Waals surface area (Å²) in [6, 6.07) is 10.5. The molecule has 1 aromatic carbocycles. The van der Waals surface area contributed by atoms with E-state index in [1.54, 1.807) is 0 Å². The second-order valence-corrected chi connectivity index (χ2v) is 3.48. The van der Waals surface area contributed by atoms with Crippen LogP contribution in [-0.4, -0.2) is 7.05 Å². The van der Waals surface area contributed by atoms with Crippen molar-refractivity contribution < 1.29 is 0 Å². The Hall–Kier alpha value is -1.24. The summed E-state index contributed by atoms with van der Waals surface area (Å²) in [5.74, 6) is 0. The number of allylic oxidation sites excluding steroid dienone is 2. The number of hydrogen-bond acceptors (Lipinski definition) is 1. The molecule has 0 aromatic heterocycles. The molecule has 2 rings (SSSR count). The third kappa shape index (κ3) is 1.74. The van der Waals surface area contributed by atoms with Crippen LogP contribution < -0.4 is 4.90 Å². The smallest absolute Gasteiger partial charge is 0.0405 e. The van der Waals surface area contributed by atoms with E-state index in [4.69, 9.17) is 0 Å². The maximum Gasteiger partial charge on any atom is 0.0405 e. The summed E-state index contributed by atoms with van der Waals surface area (Å²) < 4.78 is 0. The molecule has 1 aliphatic carbocycles. The molecule has 0 fully saturated rings. The van der Waals surface area contributed by atoms with E-state index in [-0.39, 0.29) is 0 Å². The van der Waals surface area contributed by atoms with Crippen LogP contribution in [0.3, 0.4) is 0 Å². The van der Waals surface area contributed by atoms with Gasteiger partial charge in [0.1, 0.15) is 0 Å². The van der Waals surface area contributed by atoms with Crippen molar-refractivity contribution in [2.24, 2.45) is 0 Å². The molecule has 0 bridgehead atoms. The van der Waals surface area contributed by atoms with Crippen molar-refractivity contribution in [2.45, 2.75) is 19.3 Å². The van der Waals surface area contributed by atoms with Crippen molar-refractivity contribution in [1.82, 2.24) is 0 Å². The fourth-order valence-electron chi connectivity index (χ4n) is 1.78. The van der Waals surface area contributed by atoms with Crippen LogP contribution in [0.15, 0.2) is 42.1 Å². The standard InChI is InChI=1S/C12H15N/c1-13(12-9-5-6-10-12)11-7-3-2-4-8-11/h2-4,7-9H,5-6,10H2,1H3. The highest BCUT2D eigenvalue weighted by Crippen LogP contribution is 2.25. The molecule has 1 heteroatoms. The molecular weight excluding hydrogens is 158 g/mol. The van der Waals surface area contributed by atoms with Gasteiger partial charge in [-0.25, -0.2) is 0 Å². The van der Waals surface area contributed by atoms with Crippen LogP contribution in [-0.2, 0) is 0 Å². The van der Waals surface area contributed by atoms with Crippen LogP contribution in [0.1, 0.15) is 19.3 Å². The van der Waals surface area contributed by atoms with Gasteiger partial charge in [-0.2, -0.15) is 0 Å². The Balaban J connectivity index is 2.17. The van der Waals surface area contributed by atoms with Gasteiger partial charge in [0, 0.05) is 18.4 Å². The molecule has 0 spiro atoms. The highest BCUT2D eigenvalue weighted by Gasteiger charge is 2.09.